The van der Waals surface area contributed by atoms with Crippen LogP contribution in [0.2, 0.25) is 0 Å². The molecule has 0 aliphatic carbocycles. The molecular formula is C15H24N4O2S. The van der Waals surface area contributed by atoms with Gasteiger partial charge in [-0.2, -0.15) is 0 Å². The SMILES string of the molecule is CCCc1nnsc1C(=O)N1CCCN(C2CCOC2)CC1. The van der Waals surface area contributed by atoms with E-state index in [4.69, 9.17) is 4.74 Å². The largest absolute Gasteiger partial charge is 0.380 e. The minimum Gasteiger partial charge on any atom is -0.380 e. The van der Waals surface area contributed by atoms with Crippen molar-refractivity contribution in [3.63, 3.8) is 0 Å². The highest BCUT2D eigenvalue weighted by Gasteiger charge is 2.28. The number of rotatable bonds is 4. The van der Waals surface area contributed by atoms with Crippen molar-refractivity contribution in [3.05, 3.63) is 10.6 Å². The third kappa shape index (κ3) is 3.47. The zero-order valence-electron chi connectivity index (χ0n) is 13.2. The fourth-order valence-corrected chi connectivity index (χ4v) is 3.91. The standard InChI is InChI=1S/C15H24N4O2S/c1-2-4-13-14(22-17-16-13)15(20)19-7-3-6-18(8-9-19)12-5-10-21-11-12/h12H,2-11H2,1H3. The summed E-state index contributed by atoms with van der Waals surface area (Å²) >= 11 is 1.24. The zero-order chi connectivity index (χ0) is 15.4. The first-order chi connectivity index (χ1) is 10.8. The first-order valence-electron chi connectivity index (χ1n) is 8.22. The van der Waals surface area contributed by atoms with Gasteiger partial charge in [0.25, 0.3) is 5.91 Å². The lowest BCUT2D eigenvalue weighted by atomic mass is 10.2. The van der Waals surface area contributed by atoms with Gasteiger partial charge in [0.05, 0.1) is 12.3 Å². The van der Waals surface area contributed by atoms with Crippen LogP contribution >= 0.6 is 11.5 Å². The Hall–Kier alpha value is -1.05. The average molecular weight is 324 g/mol. The molecule has 2 aliphatic rings. The molecule has 0 N–H and O–H groups in total. The molecule has 1 unspecified atom stereocenters. The number of aryl methyl sites for hydroxylation is 1. The van der Waals surface area contributed by atoms with Crippen LogP contribution in [0.5, 0.6) is 0 Å². The van der Waals surface area contributed by atoms with Crippen molar-refractivity contribution in [3.8, 4) is 0 Å². The molecule has 1 aromatic heterocycles. The Kier molecular flexibility index (Phi) is 5.38. The first-order valence-corrected chi connectivity index (χ1v) is 8.99. The van der Waals surface area contributed by atoms with E-state index in [1.807, 2.05) is 4.90 Å². The van der Waals surface area contributed by atoms with E-state index in [0.29, 0.717) is 6.04 Å². The highest BCUT2D eigenvalue weighted by atomic mass is 32.1. The van der Waals surface area contributed by atoms with Crippen molar-refractivity contribution in [2.75, 3.05) is 39.4 Å². The van der Waals surface area contributed by atoms with Gasteiger partial charge in [0.1, 0.15) is 4.88 Å². The number of carbonyl (C=O) groups is 1. The molecule has 7 heteroatoms. The number of hydrogen-bond donors (Lipinski definition) is 0. The van der Waals surface area contributed by atoms with E-state index in [1.54, 1.807) is 0 Å². The highest BCUT2D eigenvalue weighted by Crippen LogP contribution is 2.19. The molecular weight excluding hydrogens is 300 g/mol. The highest BCUT2D eigenvalue weighted by molar-refractivity contribution is 7.08. The first kappa shape index (κ1) is 15.8. The molecule has 0 saturated carbocycles. The van der Waals surface area contributed by atoms with E-state index < -0.39 is 0 Å². The number of nitrogens with zero attached hydrogens (tertiary/aromatic N) is 4. The minimum atomic E-state index is 0.114. The maximum Gasteiger partial charge on any atom is 0.267 e. The molecule has 2 saturated heterocycles. The van der Waals surface area contributed by atoms with Crippen LogP contribution < -0.4 is 0 Å². The Labute approximate surface area is 135 Å². The molecule has 2 fully saturated rings. The zero-order valence-corrected chi connectivity index (χ0v) is 14.0. The molecule has 0 radical (unpaired) electrons. The number of amides is 1. The van der Waals surface area contributed by atoms with Gasteiger partial charge in [0, 0.05) is 38.8 Å². The van der Waals surface area contributed by atoms with Gasteiger partial charge in [-0.25, -0.2) is 0 Å². The third-order valence-electron chi connectivity index (χ3n) is 4.48. The summed E-state index contributed by atoms with van der Waals surface area (Å²) in [6.45, 7) is 7.42. The van der Waals surface area contributed by atoms with Crippen molar-refractivity contribution in [2.24, 2.45) is 0 Å². The molecule has 0 spiro atoms. The minimum absolute atomic E-state index is 0.114. The topological polar surface area (TPSA) is 58.6 Å². The summed E-state index contributed by atoms with van der Waals surface area (Å²) < 4.78 is 9.47. The Morgan fingerprint density at radius 1 is 1.36 bits per heavy atom. The van der Waals surface area contributed by atoms with E-state index in [1.165, 1.54) is 11.5 Å². The molecule has 22 heavy (non-hydrogen) atoms. The van der Waals surface area contributed by atoms with Crippen LogP contribution in [-0.4, -0.2) is 70.7 Å². The predicted molar refractivity (Wildman–Crippen MR) is 85.2 cm³/mol. The second kappa shape index (κ2) is 7.48. The fourth-order valence-electron chi connectivity index (χ4n) is 3.23. The van der Waals surface area contributed by atoms with Gasteiger partial charge >= 0.3 is 0 Å². The van der Waals surface area contributed by atoms with Crippen molar-refractivity contribution in [2.45, 2.75) is 38.6 Å². The molecule has 6 nitrogen and oxygen atoms in total. The summed E-state index contributed by atoms with van der Waals surface area (Å²) in [5.41, 5.74) is 0.864. The summed E-state index contributed by atoms with van der Waals surface area (Å²) in [7, 11) is 0. The maximum absolute atomic E-state index is 12.8. The molecule has 3 rings (SSSR count). The smallest absolute Gasteiger partial charge is 0.267 e. The van der Waals surface area contributed by atoms with Gasteiger partial charge < -0.3 is 9.64 Å². The van der Waals surface area contributed by atoms with Gasteiger partial charge in [-0.1, -0.05) is 17.8 Å². The van der Waals surface area contributed by atoms with Crippen molar-refractivity contribution >= 4 is 17.4 Å². The van der Waals surface area contributed by atoms with Crippen LogP contribution in [0, 0.1) is 0 Å². The third-order valence-corrected chi connectivity index (χ3v) is 5.23. The van der Waals surface area contributed by atoms with Crippen LogP contribution in [0.3, 0.4) is 0 Å². The normalized spacial score (nSPS) is 23.7. The lowest BCUT2D eigenvalue weighted by Crippen LogP contribution is -2.39. The molecule has 1 atom stereocenters. The number of carbonyl (C=O) groups excluding carboxylic acids is 1. The van der Waals surface area contributed by atoms with Gasteiger partial charge in [0.15, 0.2) is 0 Å². The summed E-state index contributed by atoms with van der Waals surface area (Å²) in [5, 5.41) is 4.12. The molecule has 1 amide bonds. The van der Waals surface area contributed by atoms with Crippen LogP contribution in [0.25, 0.3) is 0 Å². The van der Waals surface area contributed by atoms with Crippen LogP contribution in [-0.2, 0) is 11.2 Å². The van der Waals surface area contributed by atoms with E-state index in [9.17, 15) is 4.79 Å². The Morgan fingerprint density at radius 3 is 3.05 bits per heavy atom. The lowest BCUT2D eigenvalue weighted by molar-refractivity contribution is 0.0760. The van der Waals surface area contributed by atoms with Crippen molar-refractivity contribution in [1.82, 2.24) is 19.4 Å². The van der Waals surface area contributed by atoms with E-state index in [2.05, 4.69) is 21.4 Å². The van der Waals surface area contributed by atoms with Crippen molar-refractivity contribution in [1.29, 1.82) is 0 Å². The Balaban J connectivity index is 1.62. The maximum atomic E-state index is 12.8. The Bertz CT molecular complexity index is 501. The van der Waals surface area contributed by atoms with Crippen molar-refractivity contribution < 1.29 is 9.53 Å². The molecule has 2 aliphatic heterocycles. The lowest BCUT2D eigenvalue weighted by Gasteiger charge is -2.26. The Morgan fingerprint density at radius 2 is 2.27 bits per heavy atom. The van der Waals surface area contributed by atoms with Crippen LogP contribution in [0.1, 0.15) is 41.6 Å². The second-order valence-electron chi connectivity index (χ2n) is 6.00. The van der Waals surface area contributed by atoms with Gasteiger partial charge in [-0.3, -0.25) is 9.69 Å². The number of hydrogen-bond acceptors (Lipinski definition) is 6. The summed E-state index contributed by atoms with van der Waals surface area (Å²) in [6, 6.07) is 0.538. The van der Waals surface area contributed by atoms with Gasteiger partial charge in [-0.15, -0.1) is 5.10 Å². The molecule has 3 heterocycles. The van der Waals surface area contributed by atoms with Crippen LogP contribution in [0.15, 0.2) is 0 Å². The predicted octanol–water partition coefficient (Wildman–Crippen LogP) is 1.43. The van der Waals surface area contributed by atoms with Gasteiger partial charge in [-0.05, 0) is 30.8 Å². The monoisotopic (exact) mass is 324 g/mol. The quantitative estimate of drug-likeness (QED) is 0.838. The fraction of sp³-hybridized carbons (Fsp3) is 0.800. The van der Waals surface area contributed by atoms with E-state index >= 15 is 0 Å². The summed E-state index contributed by atoms with van der Waals surface area (Å²) in [5.74, 6) is 0.114. The van der Waals surface area contributed by atoms with Crippen LogP contribution in [0.4, 0.5) is 0 Å². The summed E-state index contributed by atoms with van der Waals surface area (Å²) in [4.78, 5) is 17.9. The molecule has 0 bridgehead atoms. The van der Waals surface area contributed by atoms with Gasteiger partial charge in [0.2, 0.25) is 0 Å². The summed E-state index contributed by atoms with van der Waals surface area (Å²) in [6.07, 6.45) is 3.96. The second-order valence-corrected chi connectivity index (χ2v) is 6.75. The molecule has 0 aromatic carbocycles. The molecule has 122 valence electrons. The number of ether oxygens (including phenoxy) is 1. The average Bonchev–Trinajstić information content (AvgIpc) is 3.15. The number of aromatic nitrogens is 2. The van der Waals surface area contributed by atoms with E-state index in [0.717, 1.165) is 75.6 Å². The van der Waals surface area contributed by atoms with E-state index in [-0.39, 0.29) is 5.91 Å². The molecule has 1 aromatic rings.